The average Bonchev–Trinajstić information content (AvgIpc) is 3.44. The van der Waals surface area contributed by atoms with Crippen LogP contribution in [0.4, 0.5) is 5.13 Å². The molecule has 0 saturated heterocycles. The molecule has 0 fully saturated rings. The van der Waals surface area contributed by atoms with Crippen molar-refractivity contribution in [3.63, 3.8) is 0 Å². The molecule has 1 heterocycles. The highest BCUT2D eigenvalue weighted by Crippen LogP contribution is 2.40. The third-order valence-corrected chi connectivity index (χ3v) is 7.61. The molecule has 0 radical (unpaired) electrons. The summed E-state index contributed by atoms with van der Waals surface area (Å²) in [6, 6.07) is 35.1. The maximum absolute atomic E-state index is 12.1. The van der Waals surface area contributed by atoms with E-state index >= 15 is 0 Å². The van der Waals surface area contributed by atoms with E-state index in [0.29, 0.717) is 20.7 Å². The van der Waals surface area contributed by atoms with Crippen LogP contribution in [0.1, 0.15) is 27.9 Å². The van der Waals surface area contributed by atoms with Crippen molar-refractivity contribution in [3.05, 3.63) is 153 Å². The zero-order valence-corrected chi connectivity index (χ0v) is 23.3. The number of carboxylic acids is 1. The van der Waals surface area contributed by atoms with E-state index in [2.05, 4.69) is 51.9 Å². The number of aliphatic carboxylic acids is 1. The fraction of sp³-hybridized carbons (Fsp3) is 0.0645. The molecule has 0 aliphatic rings. The molecule has 9 heteroatoms. The number of nitrogens with one attached hydrogen (secondary N) is 1. The van der Waals surface area contributed by atoms with Crippen LogP contribution in [-0.4, -0.2) is 21.8 Å². The second kappa shape index (κ2) is 12.3. The minimum absolute atomic E-state index is 0.0510. The Bertz CT molecular complexity index is 1530. The molecule has 0 bridgehead atoms. The highest BCUT2D eigenvalue weighted by atomic mass is 35.5. The van der Waals surface area contributed by atoms with Crippen LogP contribution in [0, 0.1) is 0 Å². The highest BCUT2D eigenvalue weighted by Gasteiger charge is 2.37. The number of carbonyl (C=O) groups is 1. The van der Waals surface area contributed by atoms with Gasteiger partial charge in [-0.25, -0.2) is 9.78 Å². The molecule has 2 N–H and O–H groups in total. The lowest BCUT2D eigenvalue weighted by Gasteiger charge is -2.36. The number of hydrogen-bond donors (Lipinski definition) is 2. The van der Waals surface area contributed by atoms with Crippen molar-refractivity contribution in [1.29, 1.82) is 0 Å². The third kappa shape index (κ3) is 5.87. The molecule has 0 aliphatic heterocycles. The number of thiazole rings is 1. The Balaban J connectivity index is 1.52. The molecule has 0 unspecified atom stereocenters. The number of anilines is 1. The Morgan fingerprint density at radius 3 is 1.95 bits per heavy atom. The van der Waals surface area contributed by atoms with E-state index in [1.54, 1.807) is 23.6 Å². The second-order valence-corrected chi connectivity index (χ2v) is 10.5. The van der Waals surface area contributed by atoms with Crippen LogP contribution in [0.25, 0.3) is 0 Å². The Morgan fingerprint density at radius 2 is 1.43 bits per heavy atom. The number of carboxylic acid groups (broad SMARTS) is 1. The van der Waals surface area contributed by atoms with Crippen molar-refractivity contribution in [2.45, 2.75) is 12.1 Å². The van der Waals surface area contributed by atoms with Gasteiger partial charge in [0.2, 0.25) is 5.71 Å². The topological polar surface area (TPSA) is 83.8 Å². The zero-order valence-electron chi connectivity index (χ0n) is 21.0. The monoisotopic (exact) mass is 587 g/mol. The summed E-state index contributed by atoms with van der Waals surface area (Å²) >= 11 is 13.5. The van der Waals surface area contributed by atoms with Gasteiger partial charge < -0.3 is 15.3 Å². The van der Waals surface area contributed by atoms with E-state index < -0.39 is 11.5 Å². The molecule has 4 aromatic carbocycles. The van der Waals surface area contributed by atoms with Gasteiger partial charge in [-0.15, -0.1) is 11.3 Å². The van der Waals surface area contributed by atoms with Crippen molar-refractivity contribution in [2.24, 2.45) is 5.16 Å². The second-order valence-electron chi connectivity index (χ2n) is 8.77. The molecule has 6 nitrogen and oxygen atoms in total. The molecule has 40 heavy (non-hydrogen) atoms. The van der Waals surface area contributed by atoms with Crippen molar-refractivity contribution < 1.29 is 14.7 Å². The first-order valence-electron chi connectivity index (χ1n) is 12.2. The van der Waals surface area contributed by atoms with Crippen molar-refractivity contribution in [1.82, 2.24) is 4.98 Å². The Hall–Kier alpha value is -4.17. The maximum Gasteiger partial charge on any atom is 0.360 e. The first-order chi connectivity index (χ1) is 19.5. The van der Waals surface area contributed by atoms with Gasteiger partial charge in [0.25, 0.3) is 0 Å². The molecule has 0 atom stereocenters. The van der Waals surface area contributed by atoms with Crippen molar-refractivity contribution in [2.75, 3.05) is 5.32 Å². The smallest absolute Gasteiger partial charge is 0.360 e. The SMILES string of the molecule is O=C(O)/C(=N/OCc1cc(Cl)ccc1Cl)c1csc(NC(c2ccccc2)(c2ccccc2)c2ccccc2)n1. The summed E-state index contributed by atoms with van der Waals surface area (Å²) in [5.41, 5.74) is 2.61. The lowest BCUT2D eigenvalue weighted by molar-refractivity contribution is -0.129. The van der Waals surface area contributed by atoms with Crippen molar-refractivity contribution in [3.8, 4) is 0 Å². The molecular weight excluding hydrogens is 565 g/mol. The molecule has 0 aliphatic carbocycles. The van der Waals surface area contributed by atoms with Gasteiger partial charge in [-0.3, -0.25) is 0 Å². The number of benzene rings is 4. The van der Waals surface area contributed by atoms with Gasteiger partial charge in [-0.05, 0) is 34.9 Å². The summed E-state index contributed by atoms with van der Waals surface area (Å²) in [6.45, 7) is -0.0510. The largest absolute Gasteiger partial charge is 0.476 e. The van der Waals surface area contributed by atoms with Gasteiger partial charge in [0, 0.05) is 21.0 Å². The van der Waals surface area contributed by atoms with Gasteiger partial charge in [0.15, 0.2) is 5.13 Å². The molecule has 0 saturated carbocycles. The summed E-state index contributed by atoms with van der Waals surface area (Å²) in [4.78, 5) is 22.1. The van der Waals surface area contributed by atoms with Gasteiger partial charge in [-0.1, -0.05) is 119 Å². The van der Waals surface area contributed by atoms with Gasteiger partial charge in [-0.2, -0.15) is 0 Å². The fourth-order valence-electron chi connectivity index (χ4n) is 4.40. The molecule has 0 amide bonds. The number of oxime groups is 1. The van der Waals surface area contributed by atoms with E-state index in [4.69, 9.17) is 28.0 Å². The lowest BCUT2D eigenvalue weighted by Crippen LogP contribution is -2.38. The quantitative estimate of drug-likeness (QED) is 0.0986. The summed E-state index contributed by atoms with van der Waals surface area (Å²) < 4.78 is 0. The van der Waals surface area contributed by atoms with E-state index in [1.165, 1.54) is 11.3 Å². The van der Waals surface area contributed by atoms with Gasteiger partial charge >= 0.3 is 5.97 Å². The van der Waals surface area contributed by atoms with Crippen LogP contribution in [0.3, 0.4) is 0 Å². The van der Waals surface area contributed by atoms with Crippen LogP contribution in [-0.2, 0) is 21.8 Å². The van der Waals surface area contributed by atoms with Crippen LogP contribution >= 0.6 is 34.5 Å². The number of halogens is 2. The number of aromatic nitrogens is 1. The molecule has 200 valence electrons. The molecule has 5 rings (SSSR count). The Morgan fingerprint density at radius 1 is 0.875 bits per heavy atom. The summed E-state index contributed by atoms with van der Waals surface area (Å²) in [5, 5.41) is 20.5. The summed E-state index contributed by atoms with van der Waals surface area (Å²) in [5.74, 6) is -1.27. The van der Waals surface area contributed by atoms with E-state index in [9.17, 15) is 9.90 Å². The number of rotatable bonds is 10. The first-order valence-corrected chi connectivity index (χ1v) is 13.9. The molecular formula is C31H23Cl2N3O3S. The zero-order chi connectivity index (χ0) is 28.0. The normalized spacial score (nSPS) is 11.7. The summed E-state index contributed by atoms with van der Waals surface area (Å²) in [6.07, 6.45) is 0. The number of hydrogen-bond acceptors (Lipinski definition) is 6. The number of nitrogens with zero attached hydrogens (tertiary/aromatic N) is 2. The highest BCUT2D eigenvalue weighted by molar-refractivity contribution is 7.14. The Labute approximate surface area is 245 Å². The maximum atomic E-state index is 12.1. The first kappa shape index (κ1) is 27.4. The minimum Gasteiger partial charge on any atom is -0.476 e. The van der Waals surface area contributed by atoms with Crippen LogP contribution in [0.15, 0.2) is 120 Å². The predicted octanol–water partition coefficient (Wildman–Crippen LogP) is 7.86. The predicted molar refractivity (Wildman–Crippen MR) is 160 cm³/mol. The molecule has 5 aromatic rings. The van der Waals surface area contributed by atoms with E-state index in [1.807, 2.05) is 54.6 Å². The minimum atomic E-state index is -1.27. The van der Waals surface area contributed by atoms with E-state index in [0.717, 1.165) is 16.7 Å². The fourth-order valence-corrected chi connectivity index (χ4v) is 5.51. The Kier molecular flexibility index (Phi) is 8.45. The van der Waals surface area contributed by atoms with Crippen LogP contribution in [0.2, 0.25) is 10.0 Å². The standard InChI is InChI=1S/C31H23Cl2N3O3S/c32-25-16-17-26(33)21(18-25)19-39-36-28(29(37)38)27-20-40-30(34-27)35-31(22-10-4-1-5-11-22,23-12-6-2-7-13-23)24-14-8-3-9-15-24/h1-18,20H,19H2,(H,34,35)(H,37,38)/b36-28+. The lowest BCUT2D eigenvalue weighted by atomic mass is 9.77. The third-order valence-electron chi connectivity index (χ3n) is 6.25. The van der Waals surface area contributed by atoms with Crippen LogP contribution in [0.5, 0.6) is 0 Å². The van der Waals surface area contributed by atoms with Crippen LogP contribution < -0.4 is 5.32 Å². The molecule has 0 spiro atoms. The van der Waals surface area contributed by atoms with E-state index in [-0.39, 0.29) is 18.0 Å². The van der Waals surface area contributed by atoms with Crippen molar-refractivity contribution >= 4 is 51.4 Å². The van der Waals surface area contributed by atoms with Gasteiger partial charge in [0.05, 0.1) is 0 Å². The average molecular weight is 589 g/mol. The van der Waals surface area contributed by atoms with Gasteiger partial charge in [0.1, 0.15) is 17.8 Å². The molecule has 1 aromatic heterocycles. The summed E-state index contributed by atoms with van der Waals surface area (Å²) in [7, 11) is 0.